The summed E-state index contributed by atoms with van der Waals surface area (Å²) in [6, 6.07) is 1.89. The predicted molar refractivity (Wildman–Crippen MR) is 91.1 cm³/mol. The number of ether oxygens (including phenoxy) is 1. The van der Waals surface area contributed by atoms with E-state index in [1.807, 2.05) is 20.2 Å². The van der Waals surface area contributed by atoms with Gasteiger partial charge in [0.25, 0.3) is 0 Å². The molecule has 0 aromatic carbocycles. The molecular formula is C14H21ClIN3O. The molecule has 20 heavy (non-hydrogen) atoms. The van der Waals surface area contributed by atoms with Crippen LogP contribution in [0, 0.1) is 0 Å². The highest BCUT2D eigenvalue weighted by Gasteiger charge is 2.21. The number of nitrogens with zero attached hydrogens (tertiary/aromatic N) is 2. The molecule has 1 N–H and O–H groups in total. The largest absolute Gasteiger partial charge is 0.489 e. The average molecular weight is 410 g/mol. The molecule has 1 atom stereocenters. The van der Waals surface area contributed by atoms with Gasteiger partial charge in [-0.15, -0.1) is 0 Å². The summed E-state index contributed by atoms with van der Waals surface area (Å²) < 4.78 is 6.30. The first-order valence-electron chi connectivity index (χ1n) is 6.87. The lowest BCUT2D eigenvalue weighted by Crippen LogP contribution is -2.29. The molecule has 1 fully saturated rings. The maximum Gasteiger partial charge on any atom is 0.142 e. The Morgan fingerprint density at radius 3 is 2.85 bits per heavy atom. The van der Waals surface area contributed by atoms with Crippen molar-refractivity contribution in [3.8, 4) is 5.75 Å². The third-order valence-corrected chi connectivity index (χ3v) is 5.19. The molecule has 2 rings (SSSR count). The van der Waals surface area contributed by atoms with Crippen LogP contribution in [0.3, 0.4) is 0 Å². The Bertz CT molecular complexity index is 438. The maximum atomic E-state index is 6.07. The Labute approximate surface area is 139 Å². The van der Waals surface area contributed by atoms with Crippen LogP contribution in [-0.2, 0) is 0 Å². The average Bonchev–Trinajstić information content (AvgIpc) is 2.45. The molecule has 0 amide bonds. The van der Waals surface area contributed by atoms with Gasteiger partial charge >= 0.3 is 0 Å². The minimum atomic E-state index is 0.326. The highest BCUT2D eigenvalue weighted by molar-refractivity contribution is 14.1. The van der Waals surface area contributed by atoms with Crippen LogP contribution in [0.15, 0.2) is 12.3 Å². The molecule has 1 aromatic rings. The van der Waals surface area contributed by atoms with Crippen molar-refractivity contribution in [2.45, 2.75) is 22.8 Å². The zero-order chi connectivity index (χ0) is 14.5. The summed E-state index contributed by atoms with van der Waals surface area (Å²) >= 11 is 8.44. The molecule has 0 aliphatic carbocycles. The fourth-order valence-electron chi connectivity index (χ4n) is 2.26. The smallest absolute Gasteiger partial charge is 0.142 e. The highest BCUT2D eigenvalue weighted by Crippen LogP contribution is 2.32. The second-order valence-corrected chi connectivity index (χ2v) is 7.14. The number of hydrogen-bond acceptors (Lipinski definition) is 4. The molecule has 0 radical (unpaired) electrons. The van der Waals surface area contributed by atoms with Gasteiger partial charge in [-0.1, -0.05) is 34.2 Å². The number of likely N-dealkylation sites (N-methyl/N-ethyl adjacent to an activating group) is 1. The molecule has 0 bridgehead atoms. The molecule has 112 valence electrons. The lowest BCUT2D eigenvalue weighted by molar-refractivity contribution is 0.245. The van der Waals surface area contributed by atoms with Gasteiger partial charge in [0.15, 0.2) is 0 Å². The molecule has 1 aliphatic rings. The van der Waals surface area contributed by atoms with Gasteiger partial charge in [-0.05, 0) is 40.0 Å². The van der Waals surface area contributed by atoms with Crippen LogP contribution in [0.2, 0.25) is 5.02 Å². The minimum Gasteiger partial charge on any atom is -0.489 e. The highest BCUT2D eigenvalue weighted by atomic mass is 127. The van der Waals surface area contributed by atoms with Gasteiger partial charge in [0.2, 0.25) is 0 Å². The van der Waals surface area contributed by atoms with Crippen molar-refractivity contribution >= 4 is 34.2 Å². The number of alkyl halides is 1. The second kappa shape index (κ2) is 7.77. The molecule has 1 aliphatic heterocycles. The predicted octanol–water partition coefficient (Wildman–Crippen LogP) is 2.90. The van der Waals surface area contributed by atoms with Gasteiger partial charge in [-0.2, -0.15) is 0 Å². The van der Waals surface area contributed by atoms with Crippen molar-refractivity contribution in [3.05, 3.63) is 23.0 Å². The van der Waals surface area contributed by atoms with E-state index in [4.69, 9.17) is 16.3 Å². The molecule has 2 heterocycles. The van der Waals surface area contributed by atoms with Crippen molar-refractivity contribution in [1.29, 1.82) is 0 Å². The minimum absolute atomic E-state index is 0.326. The van der Waals surface area contributed by atoms with Gasteiger partial charge in [0, 0.05) is 18.2 Å². The maximum absolute atomic E-state index is 6.07. The van der Waals surface area contributed by atoms with Crippen molar-refractivity contribution < 1.29 is 4.74 Å². The van der Waals surface area contributed by atoms with E-state index < -0.39 is 0 Å². The summed E-state index contributed by atoms with van der Waals surface area (Å²) in [5.74, 6) is 1.31. The number of nitrogens with one attached hydrogen (secondary N) is 1. The molecule has 1 saturated heterocycles. The SMILES string of the molecule is CN(C)[C@H](I)COc1cc(Cl)cnc1C1CCNCC1. The monoisotopic (exact) mass is 409 g/mol. The number of aromatic nitrogens is 1. The summed E-state index contributed by atoms with van der Waals surface area (Å²) in [5.41, 5.74) is 1.05. The van der Waals surface area contributed by atoms with Crippen LogP contribution in [0.5, 0.6) is 5.75 Å². The third kappa shape index (κ3) is 4.44. The second-order valence-electron chi connectivity index (χ2n) is 5.27. The Morgan fingerprint density at radius 1 is 1.50 bits per heavy atom. The first kappa shape index (κ1) is 16.3. The zero-order valence-electron chi connectivity index (χ0n) is 11.9. The molecule has 6 heteroatoms. The van der Waals surface area contributed by atoms with Crippen LogP contribution in [0.4, 0.5) is 0 Å². The number of halogens is 2. The summed E-state index contributed by atoms with van der Waals surface area (Å²) in [7, 11) is 4.09. The van der Waals surface area contributed by atoms with Crippen LogP contribution >= 0.6 is 34.2 Å². The quantitative estimate of drug-likeness (QED) is 0.461. The summed E-state index contributed by atoms with van der Waals surface area (Å²) in [5, 5.41) is 4.01. The summed E-state index contributed by atoms with van der Waals surface area (Å²) in [6.45, 7) is 2.72. The van der Waals surface area contributed by atoms with Gasteiger partial charge in [0.05, 0.1) is 14.8 Å². The van der Waals surface area contributed by atoms with E-state index >= 15 is 0 Å². The topological polar surface area (TPSA) is 37.4 Å². The van der Waals surface area contributed by atoms with Crippen molar-refractivity contribution in [2.75, 3.05) is 33.8 Å². The number of piperidine rings is 1. The Morgan fingerprint density at radius 2 is 2.20 bits per heavy atom. The molecule has 0 spiro atoms. The Kier molecular flexibility index (Phi) is 6.32. The van der Waals surface area contributed by atoms with Crippen molar-refractivity contribution in [3.63, 3.8) is 0 Å². The van der Waals surface area contributed by atoms with E-state index in [0.717, 1.165) is 37.4 Å². The molecule has 0 saturated carbocycles. The van der Waals surface area contributed by atoms with Gasteiger partial charge in [-0.25, -0.2) is 0 Å². The Balaban J connectivity index is 2.11. The normalized spacial score (nSPS) is 18.2. The van der Waals surface area contributed by atoms with Crippen LogP contribution in [-0.4, -0.2) is 47.7 Å². The van der Waals surface area contributed by atoms with Crippen LogP contribution in [0.25, 0.3) is 0 Å². The first-order chi connectivity index (χ1) is 9.58. The fourth-order valence-corrected chi connectivity index (χ4v) is 2.58. The lowest BCUT2D eigenvalue weighted by Gasteiger charge is -2.25. The molecule has 4 nitrogen and oxygen atoms in total. The number of hydrogen-bond donors (Lipinski definition) is 1. The van der Waals surface area contributed by atoms with E-state index in [1.165, 1.54) is 0 Å². The Hall–Kier alpha value is -0.110. The number of rotatable bonds is 5. The summed E-state index contributed by atoms with van der Waals surface area (Å²) in [4.78, 5) is 6.65. The van der Waals surface area contributed by atoms with E-state index in [0.29, 0.717) is 21.6 Å². The third-order valence-electron chi connectivity index (χ3n) is 3.51. The van der Waals surface area contributed by atoms with Gasteiger partial charge < -0.3 is 10.1 Å². The van der Waals surface area contributed by atoms with E-state index in [9.17, 15) is 0 Å². The van der Waals surface area contributed by atoms with Gasteiger partial charge in [-0.3, -0.25) is 9.88 Å². The van der Waals surface area contributed by atoms with Gasteiger partial charge in [0.1, 0.15) is 12.4 Å². The van der Waals surface area contributed by atoms with E-state index in [1.54, 1.807) is 6.20 Å². The van der Waals surface area contributed by atoms with Crippen molar-refractivity contribution in [2.24, 2.45) is 0 Å². The molecule has 0 unspecified atom stereocenters. The first-order valence-corrected chi connectivity index (χ1v) is 8.49. The molecule has 1 aromatic heterocycles. The van der Waals surface area contributed by atoms with Crippen molar-refractivity contribution in [1.82, 2.24) is 15.2 Å². The van der Waals surface area contributed by atoms with E-state index in [2.05, 4.69) is 37.8 Å². The molecular weight excluding hydrogens is 389 g/mol. The van der Waals surface area contributed by atoms with Crippen LogP contribution < -0.4 is 10.1 Å². The summed E-state index contributed by atoms with van der Waals surface area (Å²) in [6.07, 6.45) is 3.93. The van der Waals surface area contributed by atoms with Crippen LogP contribution in [0.1, 0.15) is 24.5 Å². The number of pyridine rings is 1. The zero-order valence-corrected chi connectivity index (χ0v) is 14.8. The fraction of sp³-hybridized carbons (Fsp3) is 0.643. The van der Waals surface area contributed by atoms with E-state index in [-0.39, 0.29) is 0 Å². The lowest BCUT2D eigenvalue weighted by atomic mass is 9.93. The standard InChI is InChI=1S/C14H21ClIN3O/c1-19(2)13(16)9-20-12-7-11(15)8-18-14(12)10-3-5-17-6-4-10/h7-8,10,13,17H,3-6,9H2,1-2H3/t13-/m0/s1.